The molecular formula is C38H51FO6. The van der Waals surface area contributed by atoms with Gasteiger partial charge in [-0.2, -0.15) is 0 Å². The van der Waals surface area contributed by atoms with Crippen LogP contribution in [0.25, 0.3) is 22.3 Å². The number of aliphatic hydroxyl groups excluding tert-OH is 2. The molecule has 0 saturated heterocycles. The Morgan fingerprint density at radius 2 is 1.42 bits per heavy atom. The lowest BCUT2D eigenvalue weighted by Gasteiger charge is -2.29. The third-order valence-corrected chi connectivity index (χ3v) is 8.95. The first kappa shape index (κ1) is 34.6. The lowest BCUT2D eigenvalue weighted by molar-refractivity contribution is 0.228. The fraction of sp³-hybridized carbons (Fsp3) is 0.526. The summed E-state index contributed by atoms with van der Waals surface area (Å²) in [6.45, 7) is 3.10. The highest BCUT2D eigenvalue weighted by Gasteiger charge is 2.24. The molecule has 0 amide bonds. The van der Waals surface area contributed by atoms with Crippen molar-refractivity contribution in [3.05, 3.63) is 59.9 Å². The number of hydrogen-bond donors (Lipinski definition) is 2. The van der Waals surface area contributed by atoms with Crippen LogP contribution in [-0.2, 0) is 0 Å². The molecule has 246 valence electrons. The van der Waals surface area contributed by atoms with Gasteiger partial charge >= 0.3 is 0 Å². The molecule has 3 aromatic carbocycles. The van der Waals surface area contributed by atoms with E-state index in [2.05, 4.69) is 13.0 Å². The van der Waals surface area contributed by atoms with Crippen LogP contribution in [0.15, 0.2) is 48.5 Å². The van der Waals surface area contributed by atoms with Crippen LogP contribution in [-0.4, -0.2) is 50.9 Å². The van der Waals surface area contributed by atoms with Crippen LogP contribution in [0, 0.1) is 11.7 Å². The lowest BCUT2D eigenvalue weighted by atomic mass is 9.77. The second kappa shape index (κ2) is 18.0. The second-order valence-electron chi connectivity index (χ2n) is 12.1. The monoisotopic (exact) mass is 622 g/mol. The number of ether oxygens (including phenoxy) is 4. The third kappa shape index (κ3) is 9.36. The van der Waals surface area contributed by atoms with E-state index in [4.69, 9.17) is 18.9 Å². The van der Waals surface area contributed by atoms with E-state index in [-0.39, 0.29) is 19.0 Å². The van der Waals surface area contributed by atoms with Gasteiger partial charge in [0, 0.05) is 30.8 Å². The van der Waals surface area contributed by atoms with Crippen molar-refractivity contribution in [2.45, 2.75) is 83.5 Å². The maximum atomic E-state index is 15.9. The quantitative estimate of drug-likeness (QED) is 0.138. The molecule has 0 spiro atoms. The first-order chi connectivity index (χ1) is 22.0. The van der Waals surface area contributed by atoms with Gasteiger partial charge in [-0.25, -0.2) is 4.39 Å². The van der Waals surface area contributed by atoms with Gasteiger partial charge in [0.15, 0.2) is 23.0 Å². The van der Waals surface area contributed by atoms with Crippen molar-refractivity contribution in [1.82, 2.24) is 0 Å². The van der Waals surface area contributed by atoms with Crippen LogP contribution in [0.4, 0.5) is 4.39 Å². The largest absolute Gasteiger partial charge is 0.493 e. The summed E-state index contributed by atoms with van der Waals surface area (Å²) < 4.78 is 39.4. The minimum Gasteiger partial charge on any atom is -0.493 e. The number of aliphatic hydroxyl groups is 2. The fourth-order valence-corrected chi connectivity index (χ4v) is 6.35. The van der Waals surface area contributed by atoms with Gasteiger partial charge in [-0.15, -0.1) is 0 Å². The maximum absolute atomic E-state index is 15.9. The summed E-state index contributed by atoms with van der Waals surface area (Å²) in [5.41, 5.74) is 3.80. The molecule has 0 atom stereocenters. The van der Waals surface area contributed by atoms with Crippen LogP contribution >= 0.6 is 0 Å². The van der Waals surface area contributed by atoms with Gasteiger partial charge < -0.3 is 29.2 Å². The molecule has 45 heavy (non-hydrogen) atoms. The van der Waals surface area contributed by atoms with E-state index in [0.29, 0.717) is 72.5 Å². The van der Waals surface area contributed by atoms with E-state index >= 15 is 4.39 Å². The van der Waals surface area contributed by atoms with E-state index in [9.17, 15) is 10.2 Å². The molecule has 1 aliphatic rings. The topological polar surface area (TPSA) is 77.4 Å². The zero-order valence-electron chi connectivity index (χ0n) is 27.3. The first-order valence-corrected chi connectivity index (χ1v) is 16.7. The Morgan fingerprint density at radius 3 is 2.11 bits per heavy atom. The highest BCUT2D eigenvalue weighted by Crippen LogP contribution is 2.45. The summed E-state index contributed by atoms with van der Waals surface area (Å²) in [6.07, 6.45) is 11.7. The van der Waals surface area contributed by atoms with Crippen molar-refractivity contribution in [3.8, 4) is 45.3 Å². The lowest BCUT2D eigenvalue weighted by Crippen LogP contribution is -2.13. The van der Waals surface area contributed by atoms with Gasteiger partial charge in [0.25, 0.3) is 0 Å². The zero-order chi connectivity index (χ0) is 32.0. The summed E-state index contributed by atoms with van der Waals surface area (Å²) >= 11 is 0. The van der Waals surface area contributed by atoms with Crippen LogP contribution in [0.1, 0.15) is 89.0 Å². The highest BCUT2D eigenvalue weighted by atomic mass is 19.1. The Balaban J connectivity index is 1.66. The van der Waals surface area contributed by atoms with Crippen molar-refractivity contribution in [3.63, 3.8) is 0 Å². The molecule has 7 heteroatoms. The Hall–Kier alpha value is -3.29. The molecule has 0 aliphatic heterocycles. The second-order valence-corrected chi connectivity index (χ2v) is 12.1. The van der Waals surface area contributed by atoms with Crippen molar-refractivity contribution >= 4 is 0 Å². The fourth-order valence-electron chi connectivity index (χ4n) is 6.35. The van der Waals surface area contributed by atoms with Gasteiger partial charge in [-0.3, -0.25) is 0 Å². The van der Waals surface area contributed by atoms with Crippen LogP contribution < -0.4 is 18.9 Å². The van der Waals surface area contributed by atoms with E-state index in [1.807, 2.05) is 36.4 Å². The molecule has 1 aliphatic carbocycles. The zero-order valence-corrected chi connectivity index (χ0v) is 27.3. The van der Waals surface area contributed by atoms with Crippen molar-refractivity contribution in [1.29, 1.82) is 0 Å². The van der Waals surface area contributed by atoms with Crippen LogP contribution in [0.5, 0.6) is 23.0 Å². The van der Waals surface area contributed by atoms with Crippen LogP contribution in [0.2, 0.25) is 0 Å². The SMILES string of the molecule is CCCCCC1CCC(c2ccc(-c3cc(OC)c(OCCCCO)c(-c4ccc(OC)c(OCCCO)c4)c3)c(F)c2)CC1. The number of unbranched alkanes of at least 4 members (excludes halogenated alkanes) is 3. The van der Waals surface area contributed by atoms with Gasteiger partial charge in [-0.05, 0) is 97.4 Å². The molecule has 0 bridgehead atoms. The molecule has 6 nitrogen and oxygen atoms in total. The van der Waals surface area contributed by atoms with E-state index in [1.165, 1.54) is 38.5 Å². The summed E-state index contributed by atoms with van der Waals surface area (Å²) in [6, 6.07) is 15.1. The predicted molar refractivity (Wildman–Crippen MR) is 178 cm³/mol. The van der Waals surface area contributed by atoms with E-state index in [0.717, 1.165) is 35.4 Å². The normalized spacial score (nSPS) is 16.4. The molecule has 1 saturated carbocycles. The molecule has 0 radical (unpaired) electrons. The summed E-state index contributed by atoms with van der Waals surface area (Å²) in [4.78, 5) is 0. The summed E-state index contributed by atoms with van der Waals surface area (Å²) in [5, 5.41) is 18.5. The molecule has 0 aromatic heterocycles. The number of hydrogen-bond acceptors (Lipinski definition) is 6. The third-order valence-electron chi connectivity index (χ3n) is 8.95. The van der Waals surface area contributed by atoms with Crippen molar-refractivity contribution < 1.29 is 33.6 Å². The van der Waals surface area contributed by atoms with E-state index in [1.54, 1.807) is 20.3 Å². The standard InChI is InChI=1S/C38H51FO6/c1-4-5-6-10-27-11-13-28(14-12-27)29-15-17-32(34(39)24-29)31-23-33(38(37(26-31)43-3)45-21-8-7-19-40)30-16-18-35(42-2)36(25-30)44-22-9-20-41/h15-18,23-28,40-41H,4-14,19-22H2,1-3H3. The van der Waals surface area contributed by atoms with E-state index < -0.39 is 0 Å². The Kier molecular flexibility index (Phi) is 13.8. The first-order valence-electron chi connectivity index (χ1n) is 16.7. The van der Waals surface area contributed by atoms with Crippen molar-refractivity contribution in [2.24, 2.45) is 5.92 Å². The van der Waals surface area contributed by atoms with Gasteiger partial charge in [-0.1, -0.05) is 50.8 Å². The Morgan fingerprint density at radius 1 is 0.689 bits per heavy atom. The average molecular weight is 623 g/mol. The molecule has 4 rings (SSSR count). The van der Waals surface area contributed by atoms with Gasteiger partial charge in [0.05, 0.1) is 27.4 Å². The minimum atomic E-state index is -0.245. The van der Waals surface area contributed by atoms with Crippen molar-refractivity contribution in [2.75, 3.05) is 40.6 Å². The molecule has 1 fully saturated rings. The number of benzene rings is 3. The average Bonchev–Trinajstić information content (AvgIpc) is 3.07. The molecule has 3 aromatic rings. The smallest absolute Gasteiger partial charge is 0.168 e. The minimum absolute atomic E-state index is 0.0255. The number of methoxy groups -OCH3 is 2. The molecule has 0 unspecified atom stereocenters. The predicted octanol–water partition coefficient (Wildman–Crippen LogP) is 8.94. The summed E-state index contributed by atoms with van der Waals surface area (Å²) in [5.74, 6) is 3.11. The molecular weight excluding hydrogens is 571 g/mol. The highest BCUT2D eigenvalue weighted by molar-refractivity contribution is 5.82. The molecule has 2 N–H and O–H groups in total. The Labute approximate surface area is 268 Å². The maximum Gasteiger partial charge on any atom is 0.168 e. The van der Waals surface area contributed by atoms with Crippen LogP contribution in [0.3, 0.4) is 0 Å². The summed E-state index contributed by atoms with van der Waals surface area (Å²) in [7, 11) is 3.16. The molecule has 0 heterocycles. The van der Waals surface area contributed by atoms with Gasteiger partial charge in [0.2, 0.25) is 0 Å². The number of halogens is 1. The Bertz CT molecular complexity index is 1330. The number of rotatable bonds is 18. The van der Waals surface area contributed by atoms with Gasteiger partial charge in [0.1, 0.15) is 5.82 Å².